The Morgan fingerprint density at radius 3 is 2.59 bits per heavy atom. The third-order valence-electron chi connectivity index (χ3n) is 6.10. The number of hydrogen-bond donors (Lipinski definition) is 2. The third-order valence-corrected chi connectivity index (χ3v) is 7.09. The van der Waals surface area contributed by atoms with Gasteiger partial charge >= 0.3 is 6.03 Å². The summed E-state index contributed by atoms with van der Waals surface area (Å²) in [5, 5.41) is 6.40. The van der Waals surface area contributed by atoms with E-state index in [0.29, 0.717) is 38.4 Å². The summed E-state index contributed by atoms with van der Waals surface area (Å²) in [6.07, 6.45) is 2.05. The van der Waals surface area contributed by atoms with Gasteiger partial charge in [0.1, 0.15) is 5.82 Å². The molecule has 1 saturated heterocycles. The highest BCUT2D eigenvalue weighted by molar-refractivity contribution is 7.10. The summed E-state index contributed by atoms with van der Waals surface area (Å²) in [7, 11) is 0. The van der Waals surface area contributed by atoms with Crippen LogP contribution in [0.3, 0.4) is 0 Å². The summed E-state index contributed by atoms with van der Waals surface area (Å²) in [6.45, 7) is 2.89. The molecule has 3 heterocycles. The number of amides is 2. The van der Waals surface area contributed by atoms with Gasteiger partial charge in [-0.3, -0.25) is 0 Å². The number of benzene rings is 2. The predicted molar refractivity (Wildman–Crippen MR) is 128 cm³/mol. The van der Waals surface area contributed by atoms with E-state index in [2.05, 4.69) is 33.9 Å². The van der Waals surface area contributed by atoms with Gasteiger partial charge in [0.05, 0.1) is 5.69 Å². The second-order valence-electron chi connectivity index (χ2n) is 7.97. The van der Waals surface area contributed by atoms with E-state index in [1.807, 2.05) is 40.3 Å². The zero-order valence-electron chi connectivity index (χ0n) is 17.6. The molecule has 1 fully saturated rings. The van der Waals surface area contributed by atoms with Crippen LogP contribution in [0.15, 0.2) is 72.2 Å². The SMILES string of the molecule is O=C(NCC(c1cccs1)c1c[nH]c2ccccc12)N1CCN(c2ccccc2F)CC1. The topological polar surface area (TPSA) is 51.4 Å². The van der Waals surface area contributed by atoms with Crippen molar-refractivity contribution in [3.05, 3.63) is 88.5 Å². The fourth-order valence-corrected chi connectivity index (χ4v) is 5.24. The molecule has 1 atom stereocenters. The number of aromatic amines is 1. The Balaban J connectivity index is 1.25. The van der Waals surface area contributed by atoms with Crippen LogP contribution in [-0.2, 0) is 0 Å². The number of nitrogens with one attached hydrogen (secondary N) is 2. The number of H-pyrrole nitrogens is 1. The largest absolute Gasteiger partial charge is 0.366 e. The Bertz CT molecular complexity index is 1200. The van der Waals surface area contributed by atoms with Gasteiger partial charge < -0.3 is 20.1 Å². The number of piperazine rings is 1. The van der Waals surface area contributed by atoms with Crippen molar-refractivity contribution in [3.63, 3.8) is 0 Å². The predicted octanol–water partition coefficient (Wildman–Crippen LogP) is 5.03. The maximum absolute atomic E-state index is 14.1. The first-order valence-corrected chi connectivity index (χ1v) is 11.7. The first-order chi connectivity index (χ1) is 15.7. The molecular formula is C25H25FN4OS. The first-order valence-electron chi connectivity index (χ1n) is 10.8. The van der Waals surface area contributed by atoms with Gasteiger partial charge in [0.2, 0.25) is 0 Å². The number of carbonyl (C=O) groups is 1. The summed E-state index contributed by atoms with van der Waals surface area (Å²) < 4.78 is 14.1. The fraction of sp³-hybridized carbons (Fsp3) is 0.240. The van der Waals surface area contributed by atoms with E-state index >= 15 is 0 Å². The van der Waals surface area contributed by atoms with E-state index in [9.17, 15) is 9.18 Å². The molecule has 2 aromatic heterocycles. The zero-order chi connectivity index (χ0) is 21.9. The van der Waals surface area contributed by atoms with Crippen LogP contribution >= 0.6 is 11.3 Å². The number of fused-ring (bicyclic) bond motifs is 1. The minimum absolute atomic E-state index is 0.0698. The van der Waals surface area contributed by atoms with Gasteiger partial charge in [0.25, 0.3) is 0 Å². The van der Waals surface area contributed by atoms with Crippen molar-refractivity contribution in [1.82, 2.24) is 15.2 Å². The van der Waals surface area contributed by atoms with Crippen molar-refractivity contribution < 1.29 is 9.18 Å². The Morgan fingerprint density at radius 1 is 1.03 bits per heavy atom. The van der Waals surface area contributed by atoms with E-state index in [1.54, 1.807) is 23.5 Å². The molecule has 0 saturated carbocycles. The molecule has 0 aliphatic carbocycles. The number of aromatic nitrogens is 1. The highest BCUT2D eigenvalue weighted by Gasteiger charge is 2.25. The summed E-state index contributed by atoms with van der Waals surface area (Å²) in [6, 6.07) is 19.1. The van der Waals surface area contributed by atoms with E-state index in [4.69, 9.17) is 0 Å². The number of halogens is 1. The van der Waals surface area contributed by atoms with Crippen LogP contribution in [0.5, 0.6) is 0 Å². The van der Waals surface area contributed by atoms with Gasteiger partial charge in [-0.1, -0.05) is 36.4 Å². The van der Waals surface area contributed by atoms with E-state index in [-0.39, 0.29) is 17.8 Å². The van der Waals surface area contributed by atoms with Crippen LogP contribution in [-0.4, -0.2) is 48.6 Å². The number of carbonyl (C=O) groups excluding carboxylic acids is 1. The van der Waals surface area contributed by atoms with E-state index < -0.39 is 0 Å². The molecule has 4 aromatic rings. The van der Waals surface area contributed by atoms with Gasteiger partial charge in [0.15, 0.2) is 0 Å². The fourth-order valence-electron chi connectivity index (χ4n) is 4.40. The lowest BCUT2D eigenvalue weighted by atomic mass is 9.97. The lowest BCUT2D eigenvalue weighted by Gasteiger charge is -2.36. The van der Waals surface area contributed by atoms with Crippen LogP contribution in [0, 0.1) is 5.82 Å². The summed E-state index contributed by atoms with van der Waals surface area (Å²) in [4.78, 5) is 21.3. The summed E-state index contributed by atoms with van der Waals surface area (Å²) >= 11 is 1.70. The lowest BCUT2D eigenvalue weighted by molar-refractivity contribution is 0.194. The van der Waals surface area contributed by atoms with Crippen molar-refractivity contribution in [3.8, 4) is 0 Å². The number of urea groups is 1. The number of para-hydroxylation sites is 2. The molecule has 164 valence electrons. The second-order valence-corrected chi connectivity index (χ2v) is 8.95. The Hall–Kier alpha value is -3.32. The Kier molecular flexibility index (Phi) is 5.81. The minimum atomic E-state index is -0.220. The molecule has 2 aromatic carbocycles. The van der Waals surface area contributed by atoms with Gasteiger partial charge in [-0.25, -0.2) is 9.18 Å². The third kappa shape index (κ3) is 4.08. The smallest absolute Gasteiger partial charge is 0.317 e. The van der Waals surface area contributed by atoms with Gasteiger partial charge in [-0.2, -0.15) is 0 Å². The Morgan fingerprint density at radius 2 is 1.81 bits per heavy atom. The molecule has 0 radical (unpaired) electrons. The molecule has 1 aliphatic rings. The standard InChI is InChI=1S/C25H25FN4OS/c26-21-7-2-4-9-23(21)29-11-13-30(14-12-29)25(31)28-17-20(24-10-5-15-32-24)19-16-27-22-8-3-1-6-18(19)22/h1-10,15-16,20,27H,11-14,17H2,(H,28,31). The van der Waals surface area contributed by atoms with Crippen LogP contribution < -0.4 is 10.2 Å². The molecule has 5 nitrogen and oxygen atoms in total. The molecule has 1 unspecified atom stereocenters. The second kappa shape index (κ2) is 9.04. The number of thiophene rings is 1. The van der Waals surface area contributed by atoms with Crippen molar-refractivity contribution in [2.24, 2.45) is 0 Å². The number of rotatable bonds is 5. The van der Waals surface area contributed by atoms with Crippen LogP contribution in [0.2, 0.25) is 0 Å². The van der Waals surface area contributed by atoms with Gasteiger partial charge in [-0.05, 0) is 35.2 Å². The average molecular weight is 449 g/mol. The van der Waals surface area contributed by atoms with Gasteiger partial charge in [-0.15, -0.1) is 11.3 Å². The molecule has 7 heteroatoms. The molecule has 5 rings (SSSR count). The summed E-state index contributed by atoms with van der Waals surface area (Å²) in [5.74, 6) is -0.141. The number of hydrogen-bond acceptors (Lipinski definition) is 3. The Labute approximate surface area is 190 Å². The summed E-state index contributed by atoms with van der Waals surface area (Å²) in [5.41, 5.74) is 2.89. The van der Waals surface area contributed by atoms with E-state index in [0.717, 1.165) is 5.52 Å². The zero-order valence-corrected chi connectivity index (χ0v) is 18.4. The van der Waals surface area contributed by atoms with Crippen molar-refractivity contribution >= 4 is 34.0 Å². The average Bonchev–Trinajstić information content (AvgIpc) is 3.51. The normalized spacial score (nSPS) is 15.2. The molecule has 2 N–H and O–H groups in total. The number of anilines is 1. The highest BCUT2D eigenvalue weighted by atomic mass is 32.1. The first kappa shape index (κ1) is 20.6. The van der Waals surface area contributed by atoms with Crippen LogP contribution in [0.25, 0.3) is 10.9 Å². The molecule has 2 amide bonds. The maximum atomic E-state index is 14.1. The minimum Gasteiger partial charge on any atom is -0.366 e. The molecule has 32 heavy (non-hydrogen) atoms. The molecular weight excluding hydrogens is 423 g/mol. The quantitative estimate of drug-likeness (QED) is 0.450. The van der Waals surface area contributed by atoms with Crippen LogP contribution in [0.1, 0.15) is 16.4 Å². The molecule has 1 aliphatic heterocycles. The van der Waals surface area contributed by atoms with Crippen molar-refractivity contribution in [1.29, 1.82) is 0 Å². The van der Waals surface area contributed by atoms with Crippen molar-refractivity contribution in [2.75, 3.05) is 37.6 Å². The van der Waals surface area contributed by atoms with Gasteiger partial charge in [0, 0.05) is 60.6 Å². The lowest BCUT2D eigenvalue weighted by Crippen LogP contribution is -2.52. The monoisotopic (exact) mass is 448 g/mol. The highest BCUT2D eigenvalue weighted by Crippen LogP contribution is 2.33. The molecule has 0 spiro atoms. The molecule has 0 bridgehead atoms. The van der Waals surface area contributed by atoms with Crippen molar-refractivity contribution in [2.45, 2.75) is 5.92 Å². The van der Waals surface area contributed by atoms with E-state index in [1.165, 1.54) is 21.9 Å². The maximum Gasteiger partial charge on any atom is 0.317 e. The number of nitrogens with zero attached hydrogens (tertiary/aromatic N) is 2. The van der Waals surface area contributed by atoms with Crippen LogP contribution in [0.4, 0.5) is 14.9 Å².